The number of imidazole rings is 1. The molecular weight excluding hydrogens is 267 g/mol. The molecule has 2 aromatic heterocycles. The third-order valence-electron chi connectivity index (χ3n) is 3.85. The van der Waals surface area contributed by atoms with Gasteiger partial charge < -0.3 is 4.98 Å². The fourth-order valence-electron chi connectivity index (χ4n) is 2.55. The molecule has 5 heteroatoms. The molecule has 0 spiro atoms. The van der Waals surface area contributed by atoms with Gasteiger partial charge in [0.15, 0.2) is 5.82 Å². The molecule has 4 aromatic rings. The van der Waals surface area contributed by atoms with Crippen molar-refractivity contribution in [1.82, 2.24) is 20.2 Å². The Hall–Kier alpha value is -2.69. The van der Waals surface area contributed by atoms with Gasteiger partial charge in [-0.1, -0.05) is 0 Å². The molecule has 2 N–H and O–H groups in total. The molecule has 0 bridgehead atoms. The molecule has 0 radical (unpaired) electrons. The van der Waals surface area contributed by atoms with Crippen molar-refractivity contribution < 1.29 is 4.39 Å². The van der Waals surface area contributed by atoms with Crippen LogP contribution in [0.25, 0.3) is 33.5 Å². The van der Waals surface area contributed by atoms with Crippen LogP contribution in [0.3, 0.4) is 0 Å². The SMILES string of the molecule is Cc1cc2nc(-c3n[nH]c4ccc(F)cc34)[nH]c2cc1C. The second-order valence-corrected chi connectivity index (χ2v) is 5.30. The Labute approximate surface area is 120 Å². The van der Waals surface area contributed by atoms with Gasteiger partial charge in [-0.2, -0.15) is 5.10 Å². The van der Waals surface area contributed by atoms with Crippen molar-refractivity contribution in [3.63, 3.8) is 0 Å². The van der Waals surface area contributed by atoms with Crippen molar-refractivity contribution >= 4 is 21.9 Å². The number of nitrogens with one attached hydrogen (secondary N) is 2. The summed E-state index contributed by atoms with van der Waals surface area (Å²) < 4.78 is 13.4. The molecule has 0 aliphatic rings. The van der Waals surface area contributed by atoms with E-state index in [1.54, 1.807) is 6.07 Å². The number of hydrogen-bond acceptors (Lipinski definition) is 2. The number of aryl methyl sites for hydroxylation is 2. The van der Waals surface area contributed by atoms with E-state index in [-0.39, 0.29) is 5.82 Å². The van der Waals surface area contributed by atoms with Gasteiger partial charge in [-0.3, -0.25) is 5.10 Å². The molecule has 2 heterocycles. The molecule has 4 rings (SSSR count). The molecule has 0 fully saturated rings. The van der Waals surface area contributed by atoms with Crippen molar-refractivity contribution in [3.05, 3.63) is 47.3 Å². The standard InChI is InChI=1S/C16H13FN4/c1-8-5-13-14(6-9(8)2)19-16(18-13)15-11-7-10(17)3-4-12(11)20-21-15/h3-7H,1-2H3,(H,18,19)(H,20,21). The molecule has 0 unspecified atom stereocenters. The maximum atomic E-state index is 13.4. The average molecular weight is 280 g/mol. The summed E-state index contributed by atoms with van der Waals surface area (Å²) in [6.07, 6.45) is 0. The van der Waals surface area contributed by atoms with E-state index in [9.17, 15) is 4.39 Å². The Kier molecular flexibility index (Phi) is 2.39. The lowest BCUT2D eigenvalue weighted by molar-refractivity contribution is 0.630. The van der Waals surface area contributed by atoms with Crippen LogP contribution in [0.5, 0.6) is 0 Å². The van der Waals surface area contributed by atoms with Gasteiger partial charge in [0.2, 0.25) is 0 Å². The van der Waals surface area contributed by atoms with Gasteiger partial charge in [-0.25, -0.2) is 9.37 Å². The van der Waals surface area contributed by atoms with E-state index in [1.807, 2.05) is 6.07 Å². The zero-order chi connectivity index (χ0) is 14.6. The number of halogens is 1. The maximum absolute atomic E-state index is 13.4. The van der Waals surface area contributed by atoms with Gasteiger partial charge in [0.25, 0.3) is 0 Å². The van der Waals surface area contributed by atoms with Gasteiger partial charge in [0.05, 0.1) is 16.6 Å². The van der Waals surface area contributed by atoms with E-state index in [0.717, 1.165) is 21.9 Å². The molecule has 0 amide bonds. The molecule has 0 atom stereocenters. The number of H-pyrrole nitrogens is 2. The van der Waals surface area contributed by atoms with Gasteiger partial charge in [-0.15, -0.1) is 0 Å². The van der Waals surface area contributed by atoms with Crippen LogP contribution in [-0.4, -0.2) is 20.2 Å². The minimum Gasteiger partial charge on any atom is -0.337 e. The zero-order valence-corrected chi connectivity index (χ0v) is 11.7. The first-order valence-corrected chi connectivity index (χ1v) is 6.73. The van der Waals surface area contributed by atoms with E-state index < -0.39 is 0 Å². The van der Waals surface area contributed by atoms with Crippen LogP contribution < -0.4 is 0 Å². The van der Waals surface area contributed by atoms with Crippen molar-refractivity contribution in [2.24, 2.45) is 0 Å². The summed E-state index contributed by atoms with van der Waals surface area (Å²) in [6.45, 7) is 4.12. The lowest BCUT2D eigenvalue weighted by atomic mass is 10.1. The quantitative estimate of drug-likeness (QED) is 0.556. The summed E-state index contributed by atoms with van der Waals surface area (Å²) >= 11 is 0. The van der Waals surface area contributed by atoms with Gasteiger partial charge >= 0.3 is 0 Å². The molecule has 2 aromatic carbocycles. The first-order chi connectivity index (χ1) is 10.1. The Balaban J connectivity index is 1.97. The molecule has 0 saturated heterocycles. The number of hydrogen-bond donors (Lipinski definition) is 2. The van der Waals surface area contributed by atoms with E-state index in [4.69, 9.17) is 0 Å². The zero-order valence-electron chi connectivity index (χ0n) is 11.7. The largest absolute Gasteiger partial charge is 0.337 e. The summed E-state index contributed by atoms with van der Waals surface area (Å²) in [5.74, 6) is 0.361. The smallest absolute Gasteiger partial charge is 0.159 e. The molecule has 0 aliphatic carbocycles. The van der Waals surface area contributed by atoms with Gasteiger partial charge in [0.1, 0.15) is 11.5 Å². The summed E-state index contributed by atoms with van der Waals surface area (Å²) in [7, 11) is 0. The fourth-order valence-corrected chi connectivity index (χ4v) is 2.55. The Morgan fingerprint density at radius 3 is 2.67 bits per heavy atom. The number of nitrogens with zero attached hydrogens (tertiary/aromatic N) is 2. The topological polar surface area (TPSA) is 57.4 Å². The van der Waals surface area contributed by atoms with Gasteiger partial charge in [-0.05, 0) is 55.3 Å². The average Bonchev–Trinajstić information content (AvgIpc) is 3.02. The summed E-state index contributed by atoms with van der Waals surface area (Å²) in [6, 6.07) is 8.67. The van der Waals surface area contributed by atoms with E-state index >= 15 is 0 Å². The highest BCUT2D eigenvalue weighted by molar-refractivity contribution is 5.93. The van der Waals surface area contributed by atoms with Crippen LogP contribution in [0.2, 0.25) is 0 Å². The van der Waals surface area contributed by atoms with Crippen LogP contribution in [0, 0.1) is 19.7 Å². The Bertz CT molecular complexity index is 942. The molecule has 4 nitrogen and oxygen atoms in total. The highest BCUT2D eigenvalue weighted by Crippen LogP contribution is 2.27. The van der Waals surface area contributed by atoms with Crippen LogP contribution in [-0.2, 0) is 0 Å². The maximum Gasteiger partial charge on any atom is 0.159 e. The molecular formula is C16H13FN4. The summed E-state index contributed by atoms with van der Waals surface area (Å²) in [5, 5.41) is 7.89. The Morgan fingerprint density at radius 1 is 1.00 bits per heavy atom. The molecule has 0 aliphatic heterocycles. The minimum atomic E-state index is -0.284. The first-order valence-electron chi connectivity index (χ1n) is 6.73. The predicted molar refractivity (Wildman–Crippen MR) is 80.6 cm³/mol. The van der Waals surface area contributed by atoms with Crippen LogP contribution >= 0.6 is 0 Å². The minimum absolute atomic E-state index is 0.284. The second kappa shape index (κ2) is 4.15. The Morgan fingerprint density at radius 2 is 1.81 bits per heavy atom. The normalized spacial score (nSPS) is 11.6. The van der Waals surface area contributed by atoms with E-state index in [2.05, 4.69) is 40.1 Å². The number of benzene rings is 2. The number of rotatable bonds is 1. The molecule has 0 saturated carbocycles. The van der Waals surface area contributed by atoms with Crippen LogP contribution in [0.4, 0.5) is 4.39 Å². The van der Waals surface area contributed by atoms with Crippen LogP contribution in [0.1, 0.15) is 11.1 Å². The van der Waals surface area contributed by atoms with Gasteiger partial charge in [0, 0.05) is 5.39 Å². The van der Waals surface area contributed by atoms with Crippen LogP contribution in [0.15, 0.2) is 30.3 Å². The lowest BCUT2D eigenvalue weighted by Crippen LogP contribution is -1.81. The van der Waals surface area contributed by atoms with Crippen molar-refractivity contribution in [1.29, 1.82) is 0 Å². The third kappa shape index (κ3) is 1.81. The molecule has 21 heavy (non-hydrogen) atoms. The second-order valence-electron chi connectivity index (χ2n) is 5.30. The van der Waals surface area contributed by atoms with E-state index in [1.165, 1.54) is 23.3 Å². The summed E-state index contributed by atoms with van der Waals surface area (Å²) in [4.78, 5) is 7.84. The third-order valence-corrected chi connectivity index (χ3v) is 3.85. The van der Waals surface area contributed by atoms with Crippen molar-refractivity contribution in [2.45, 2.75) is 13.8 Å². The van der Waals surface area contributed by atoms with E-state index in [0.29, 0.717) is 11.5 Å². The lowest BCUT2D eigenvalue weighted by Gasteiger charge is -1.97. The van der Waals surface area contributed by atoms with Crippen molar-refractivity contribution in [3.8, 4) is 11.5 Å². The molecule has 104 valence electrons. The van der Waals surface area contributed by atoms with Crippen molar-refractivity contribution in [2.75, 3.05) is 0 Å². The monoisotopic (exact) mass is 280 g/mol. The summed E-state index contributed by atoms with van der Waals surface area (Å²) in [5.41, 5.74) is 5.67. The fraction of sp³-hybridized carbons (Fsp3) is 0.125. The first kappa shape index (κ1) is 12.1. The predicted octanol–water partition coefficient (Wildman–Crippen LogP) is 3.86. The number of fused-ring (bicyclic) bond motifs is 2. The number of aromatic nitrogens is 4. The number of aromatic amines is 2. The highest BCUT2D eigenvalue weighted by atomic mass is 19.1. The highest BCUT2D eigenvalue weighted by Gasteiger charge is 2.13.